The highest BCUT2D eigenvalue weighted by atomic mass is 28.2. The van der Waals surface area contributed by atoms with Crippen LogP contribution in [0.5, 0.6) is 0 Å². The summed E-state index contributed by atoms with van der Waals surface area (Å²) in [6, 6.07) is 2.51. The SMILES string of the molecule is C[SiH2]CCCNC(=O)CC(=O)NCCC[SiH2]C. The second-order valence-electron chi connectivity index (χ2n) is 4.29. The minimum atomic E-state index is -0.148. The van der Waals surface area contributed by atoms with Crippen molar-refractivity contribution >= 4 is 30.9 Å². The first-order valence-electron chi connectivity index (χ1n) is 6.74. The van der Waals surface area contributed by atoms with Crippen LogP contribution in [0.25, 0.3) is 0 Å². The molecule has 0 heterocycles. The molecule has 0 aromatic rings. The summed E-state index contributed by atoms with van der Waals surface area (Å²) in [6.07, 6.45) is 2.08. The highest BCUT2D eigenvalue weighted by Gasteiger charge is 2.07. The Morgan fingerprint density at radius 3 is 1.65 bits per heavy atom. The lowest BCUT2D eigenvalue weighted by molar-refractivity contribution is -0.129. The highest BCUT2D eigenvalue weighted by molar-refractivity contribution is 6.33. The van der Waals surface area contributed by atoms with Crippen molar-refractivity contribution in [3.05, 3.63) is 0 Å². The van der Waals surface area contributed by atoms with Gasteiger partial charge in [0, 0.05) is 32.1 Å². The Morgan fingerprint density at radius 2 is 1.29 bits per heavy atom. The van der Waals surface area contributed by atoms with Crippen LogP contribution in [0.15, 0.2) is 0 Å². The molecule has 0 aliphatic carbocycles. The molecule has 0 rings (SSSR count). The topological polar surface area (TPSA) is 58.2 Å². The first-order chi connectivity index (χ1) is 8.20. The molecule has 0 saturated heterocycles. The van der Waals surface area contributed by atoms with E-state index in [2.05, 4.69) is 23.7 Å². The molecular weight excluding hydrogens is 248 g/mol. The van der Waals surface area contributed by atoms with Crippen molar-refractivity contribution in [2.75, 3.05) is 13.1 Å². The van der Waals surface area contributed by atoms with Crippen LogP contribution in [0.2, 0.25) is 25.2 Å². The quantitative estimate of drug-likeness (QED) is 0.325. The molecule has 6 heteroatoms. The molecule has 0 fully saturated rings. The van der Waals surface area contributed by atoms with Crippen molar-refractivity contribution in [2.45, 2.75) is 44.4 Å². The van der Waals surface area contributed by atoms with Gasteiger partial charge in [-0.2, -0.15) is 0 Å². The van der Waals surface area contributed by atoms with Gasteiger partial charge >= 0.3 is 0 Å². The van der Waals surface area contributed by atoms with Crippen LogP contribution in [0.3, 0.4) is 0 Å². The lowest BCUT2D eigenvalue weighted by Gasteiger charge is -2.05. The van der Waals surface area contributed by atoms with Gasteiger partial charge in [0.2, 0.25) is 11.8 Å². The van der Waals surface area contributed by atoms with Crippen molar-refractivity contribution in [3.63, 3.8) is 0 Å². The van der Waals surface area contributed by atoms with E-state index in [4.69, 9.17) is 0 Å². The van der Waals surface area contributed by atoms with Crippen molar-refractivity contribution in [2.24, 2.45) is 0 Å². The minimum Gasteiger partial charge on any atom is -0.356 e. The number of hydrogen-bond acceptors (Lipinski definition) is 2. The first-order valence-corrected chi connectivity index (χ1v) is 11.6. The van der Waals surface area contributed by atoms with Gasteiger partial charge in [-0.25, -0.2) is 0 Å². The molecular formula is C11H26N2O2Si2. The number of nitrogens with one attached hydrogen (secondary N) is 2. The molecule has 4 nitrogen and oxygen atoms in total. The molecule has 2 amide bonds. The molecule has 0 aliphatic rings. The zero-order valence-electron chi connectivity index (χ0n) is 11.2. The van der Waals surface area contributed by atoms with Gasteiger partial charge in [0.1, 0.15) is 6.42 Å². The van der Waals surface area contributed by atoms with Crippen molar-refractivity contribution in [1.82, 2.24) is 10.6 Å². The van der Waals surface area contributed by atoms with Crippen LogP contribution in [0, 0.1) is 0 Å². The number of carbonyl (C=O) groups excluding carboxylic acids is 2. The lowest BCUT2D eigenvalue weighted by Crippen LogP contribution is -2.32. The maximum atomic E-state index is 11.4. The predicted molar refractivity (Wildman–Crippen MR) is 78.3 cm³/mol. The van der Waals surface area contributed by atoms with Gasteiger partial charge in [-0.15, -0.1) is 0 Å². The van der Waals surface area contributed by atoms with Gasteiger partial charge < -0.3 is 10.6 Å². The average Bonchev–Trinajstić information content (AvgIpc) is 2.30. The second-order valence-corrected chi connectivity index (χ2v) is 7.71. The van der Waals surface area contributed by atoms with E-state index in [0.29, 0.717) is 13.1 Å². The first kappa shape index (κ1) is 16.4. The third-order valence-electron chi connectivity index (χ3n) is 2.53. The van der Waals surface area contributed by atoms with Crippen LogP contribution in [-0.4, -0.2) is 43.9 Å². The summed E-state index contributed by atoms with van der Waals surface area (Å²) in [5.41, 5.74) is 0. The zero-order chi connectivity index (χ0) is 12.9. The summed E-state index contributed by atoms with van der Waals surface area (Å²) in [6.45, 7) is 5.95. The van der Waals surface area contributed by atoms with Crippen LogP contribution in [0.4, 0.5) is 0 Å². The highest BCUT2D eigenvalue weighted by Crippen LogP contribution is 1.89. The van der Waals surface area contributed by atoms with Crippen molar-refractivity contribution in [3.8, 4) is 0 Å². The Balaban J connectivity index is 3.42. The van der Waals surface area contributed by atoms with Gasteiger partial charge in [-0.05, 0) is 12.8 Å². The van der Waals surface area contributed by atoms with Gasteiger partial charge in [0.15, 0.2) is 0 Å². The normalized spacial score (nSPS) is 11.4. The molecule has 0 aliphatic heterocycles. The standard InChI is InChI=1S/C11H26N2O2Si2/c1-16-7-3-5-12-10(14)9-11(15)13-6-4-8-17-2/h3-9,16-17H2,1-2H3,(H,12,14)(H,13,15). The molecule has 0 unspecified atom stereocenters. The molecule has 0 aromatic heterocycles. The molecule has 0 aromatic carbocycles. The second kappa shape index (κ2) is 11.8. The van der Waals surface area contributed by atoms with E-state index in [9.17, 15) is 9.59 Å². The average molecular weight is 275 g/mol. The van der Waals surface area contributed by atoms with Crippen LogP contribution in [0.1, 0.15) is 19.3 Å². The maximum Gasteiger partial charge on any atom is 0.229 e. The fraction of sp³-hybridized carbons (Fsp3) is 0.818. The summed E-state index contributed by atoms with van der Waals surface area (Å²) in [4.78, 5) is 22.7. The van der Waals surface area contributed by atoms with E-state index in [1.807, 2.05) is 0 Å². The van der Waals surface area contributed by atoms with Crippen LogP contribution in [-0.2, 0) is 9.59 Å². The summed E-state index contributed by atoms with van der Waals surface area (Å²) in [7, 11) is 0.207. The largest absolute Gasteiger partial charge is 0.356 e. The molecule has 0 radical (unpaired) electrons. The fourth-order valence-corrected chi connectivity index (χ4v) is 2.98. The number of hydrogen-bond donors (Lipinski definition) is 2. The van der Waals surface area contributed by atoms with Gasteiger partial charge in [-0.3, -0.25) is 9.59 Å². The van der Waals surface area contributed by atoms with Crippen molar-refractivity contribution < 1.29 is 9.59 Å². The van der Waals surface area contributed by atoms with E-state index in [-0.39, 0.29) is 37.3 Å². The van der Waals surface area contributed by atoms with Gasteiger partial charge in [0.05, 0.1) is 0 Å². The zero-order valence-corrected chi connectivity index (χ0v) is 14.0. The van der Waals surface area contributed by atoms with Crippen LogP contribution >= 0.6 is 0 Å². The van der Waals surface area contributed by atoms with Crippen molar-refractivity contribution in [1.29, 1.82) is 0 Å². The summed E-state index contributed by atoms with van der Waals surface area (Å²) in [5.74, 6) is -0.296. The smallest absolute Gasteiger partial charge is 0.229 e. The molecule has 0 atom stereocenters. The van der Waals surface area contributed by atoms with Gasteiger partial charge in [0.25, 0.3) is 0 Å². The fourth-order valence-electron chi connectivity index (χ4n) is 1.48. The third kappa shape index (κ3) is 11.6. The maximum absolute atomic E-state index is 11.4. The van der Waals surface area contributed by atoms with E-state index in [1.165, 1.54) is 12.1 Å². The summed E-state index contributed by atoms with van der Waals surface area (Å²) < 4.78 is 0. The number of amides is 2. The monoisotopic (exact) mass is 274 g/mol. The minimum absolute atomic E-state index is 0.0207. The van der Waals surface area contributed by atoms with E-state index in [0.717, 1.165) is 12.8 Å². The third-order valence-corrected chi connectivity index (χ3v) is 4.94. The van der Waals surface area contributed by atoms with E-state index < -0.39 is 0 Å². The molecule has 0 spiro atoms. The van der Waals surface area contributed by atoms with Crippen LogP contribution < -0.4 is 10.6 Å². The Hall–Kier alpha value is -0.626. The summed E-state index contributed by atoms with van der Waals surface area (Å²) >= 11 is 0. The summed E-state index contributed by atoms with van der Waals surface area (Å²) in [5, 5.41) is 5.56. The Morgan fingerprint density at radius 1 is 0.882 bits per heavy atom. The van der Waals surface area contributed by atoms with E-state index in [1.54, 1.807) is 0 Å². The number of carbonyl (C=O) groups is 2. The Kier molecular flexibility index (Phi) is 11.4. The molecule has 17 heavy (non-hydrogen) atoms. The molecule has 100 valence electrons. The van der Waals surface area contributed by atoms with E-state index >= 15 is 0 Å². The Bertz CT molecular complexity index is 204. The number of rotatable bonds is 10. The molecule has 0 saturated carbocycles. The predicted octanol–water partition coefficient (Wildman–Crippen LogP) is -0.341. The Labute approximate surface area is 109 Å². The molecule has 0 bridgehead atoms. The lowest BCUT2D eigenvalue weighted by atomic mass is 10.3. The molecule has 2 N–H and O–H groups in total. The van der Waals surface area contributed by atoms with Gasteiger partial charge in [-0.1, -0.05) is 25.2 Å².